The first-order valence-electron chi connectivity index (χ1n) is 6.21. The van der Waals surface area contributed by atoms with Gasteiger partial charge in [-0.3, -0.25) is 9.98 Å². The fourth-order valence-electron chi connectivity index (χ4n) is 2.11. The van der Waals surface area contributed by atoms with Gasteiger partial charge >= 0.3 is 0 Å². The summed E-state index contributed by atoms with van der Waals surface area (Å²) in [6, 6.07) is 2.38. The van der Waals surface area contributed by atoms with Gasteiger partial charge in [0.15, 0.2) is 11.6 Å². The monoisotopic (exact) mass is 275 g/mol. The number of nitrogens with zero attached hydrogens (tertiary/aromatic N) is 3. The molecule has 0 atom stereocenters. The highest BCUT2D eigenvalue weighted by Crippen LogP contribution is 2.29. The van der Waals surface area contributed by atoms with E-state index in [0.717, 1.165) is 0 Å². The first-order chi connectivity index (χ1) is 9.58. The lowest BCUT2D eigenvalue weighted by molar-refractivity contribution is 0.507. The van der Waals surface area contributed by atoms with E-state index in [4.69, 9.17) is 0 Å². The van der Waals surface area contributed by atoms with Crippen LogP contribution in [0.3, 0.4) is 0 Å². The maximum atomic E-state index is 13.4. The third kappa shape index (κ3) is 2.52. The van der Waals surface area contributed by atoms with Crippen molar-refractivity contribution in [2.24, 2.45) is 9.98 Å². The number of aliphatic imine (C=N–C) groups is 2. The van der Waals surface area contributed by atoms with Gasteiger partial charge in [-0.1, -0.05) is 13.2 Å². The lowest BCUT2D eigenvalue weighted by atomic mass is 10.1. The predicted molar refractivity (Wildman–Crippen MR) is 78.3 cm³/mol. The average molecular weight is 275 g/mol. The van der Waals surface area contributed by atoms with Crippen molar-refractivity contribution >= 4 is 17.7 Å². The van der Waals surface area contributed by atoms with Crippen LogP contribution in [0.2, 0.25) is 0 Å². The Morgan fingerprint density at radius 2 is 2.15 bits per heavy atom. The highest BCUT2D eigenvalue weighted by Gasteiger charge is 2.23. The summed E-state index contributed by atoms with van der Waals surface area (Å²) in [7, 11) is 0. The Balaban J connectivity index is 2.42. The standard InChI is InChI=1S/C15H15F2N3/c1-4-18-8-10(3)15-19-9-11-6-12(16)13(17)7-14(11)20(15)5-2/h4,6-8H,1,3,5,9H2,2H3. The van der Waals surface area contributed by atoms with Crippen LogP contribution in [0, 0.1) is 11.6 Å². The van der Waals surface area contributed by atoms with Crippen LogP contribution in [-0.4, -0.2) is 18.6 Å². The van der Waals surface area contributed by atoms with Gasteiger partial charge < -0.3 is 4.90 Å². The van der Waals surface area contributed by atoms with Crippen molar-refractivity contribution in [3.05, 3.63) is 54.3 Å². The van der Waals surface area contributed by atoms with Gasteiger partial charge in [-0.05, 0) is 13.0 Å². The molecule has 0 fully saturated rings. The maximum Gasteiger partial charge on any atom is 0.160 e. The van der Waals surface area contributed by atoms with Crippen LogP contribution in [0.25, 0.3) is 0 Å². The van der Waals surface area contributed by atoms with Crippen molar-refractivity contribution in [3.8, 4) is 0 Å². The van der Waals surface area contributed by atoms with Gasteiger partial charge in [0, 0.05) is 36.2 Å². The highest BCUT2D eigenvalue weighted by atomic mass is 19.2. The molecule has 0 spiro atoms. The van der Waals surface area contributed by atoms with E-state index in [1.165, 1.54) is 18.3 Å². The molecule has 0 aromatic heterocycles. The molecule has 0 radical (unpaired) electrons. The summed E-state index contributed by atoms with van der Waals surface area (Å²) in [5, 5.41) is 0. The van der Waals surface area contributed by atoms with E-state index in [0.29, 0.717) is 35.7 Å². The first-order valence-corrected chi connectivity index (χ1v) is 6.21. The molecule has 1 aromatic rings. The molecule has 0 amide bonds. The second-order valence-corrected chi connectivity index (χ2v) is 4.27. The van der Waals surface area contributed by atoms with Gasteiger partial charge in [0.2, 0.25) is 0 Å². The van der Waals surface area contributed by atoms with E-state index in [2.05, 4.69) is 23.1 Å². The highest BCUT2D eigenvalue weighted by molar-refractivity contribution is 6.22. The summed E-state index contributed by atoms with van der Waals surface area (Å²) in [6.45, 7) is 10.1. The van der Waals surface area contributed by atoms with Gasteiger partial charge in [-0.25, -0.2) is 8.78 Å². The fraction of sp³-hybridized carbons (Fsp3) is 0.200. The molecule has 5 heteroatoms. The summed E-state index contributed by atoms with van der Waals surface area (Å²) in [5.41, 5.74) is 1.87. The van der Waals surface area contributed by atoms with Gasteiger partial charge in [-0.2, -0.15) is 0 Å². The number of halogens is 2. The topological polar surface area (TPSA) is 28.0 Å². The van der Waals surface area contributed by atoms with Crippen LogP contribution in [0.4, 0.5) is 14.5 Å². The van der Waals surface area contributed by atoms with Crippen LogP contribution in [0.5, 0.6) is 0 Å². The number of fused-ring (bicyclic) bond motifs is 1. The summed E-state index contributed by atoms with van der Waals surface area (Å²) >= 11 is 0. The summed E-state index contributed by atoms with van der Waals surface area (Å²) in [5.74, 6) is -1.11. The summed E-state index contributed by atoms with van der Waals surface area (Å²) in [6.07, 6.45) is 2.94. The minimum absolute atomic E-state index is 0.291. The number of anilines is 1. The maximum absolute atomic E-state index is 13.4. The number of rotatable bonds is 4. The van der Waals surface area contributed by atoms with Gasteiger partial charge in [0.05, 0.1) is 12.2 Å². The molecular weight excluding hydrogens is 260 g/mol. The molecular formula is C15H15F2N3. The van der Waals surface area contributed by atoms with Crippen molar-refractivity contribution in [2.45, 2.75) is 13.5 Å². The van der Waals surface area contributed by atoms with E-state index < -0.39 is 11.6 Å². The zero-order valence-electron chi connectivity index (χ0n) is 11.2. The zero-order valence-corrected chi connectivity index (χ0v) is 11.2. The van der Waals surface area contributed by atoms with Crippen LogP contribution < -0.4 is 4.90 Å². The molecule has 0 bridgehead atoms. The number of likely N-dealkylation sites (N-methyl/N-ethyl adjacent to an activating group) is 1. The summed E-state index contributed by atoms with van der Waals surface area (Å²) < 4.78 is 26.7. The minimum Gasteiger partial charge on any atom is -0.326 e. The molecule has 2 rings (SSSR count). The lowest BCUT2D eigenvalue weighted by Crippen LogP contribution is -2.35. The normalized spacial score (nSPS) is 14.2. The number of benzene rings is 1. The van der Waals surface area contributed by atoms with Gasteiger partial charge in [-0.15, -0.1) is 0 Å². The molecule has 0 aliphatic carbocycles. The third-order valence-electron chi connectivity index (χ3n) is 3.01. The molecule has 3 nitrogen and oxygen atoms in total. The van der Waals surface area contributed by atoms with E-state index >= 15 is 0 Å². The molecule has 1 aliphatic heterocycles. The van der Waals surface area contributed by atoms with E-state index in [1.807, 2.05) is 6.92 Å². The first kappa shape index (κ1) is 14.1. The second-order valence-electron chi connectivity index (χ2n) is 4.27. The molecule has 1 heterocycles. The Bertz CT molecular complexity index is 618. The van der Waals surface area contributed by atoms with Crippen LogP contribution in [0.15, 0.2) is 47.0 Å². The third-order valence-corrected chi connectivity index (χ3v) is 3.01. The lowest BCUT2D eigenvalue weighted by Gasteiger charge is -2.30. The molecule has 0 saturated carbocycles. The largest absolute Gasteiger partial charge is 0.326 e. The van der Waals surface area contributed by atoms with Crippen LogP contribution in [0.1, 0.15) is 12.5 Å². The Morgan fingerprint density at radius 1 is 1.45 bits per heavy atom. The summed E-state index contributed by atoms with van der Waals surface area (Å²) in [4.78, 5) is 10.1. The van der Waals surface area contributed by atoms with Gasteiger partial charge in [0.25, 0.3) is 0 Å². The van der Waals surface area contributed by atoms with Crippen LogP contribution >= 0.6 is 0 Å². The molecule has 0 saturated heterocycles. The number of hydrogen-bond acceptors (Lipinski definition) is 3. The Labute approximate surface area is 116 Å². The van der Waals surface area contributed by atoms with Crippen molar-refractivity contribution in [2.75, 3.05) is 11.4 Å². The average Bonchev–Trinajstić information content (AvgIpc) is 2.44. The van der Waals surface area contributed by atoms with E-state index in [-0.39, 0.29) is 0 Å². The zero-order chi connectivity index (χ0) is 14.7. The van der Waals surface area contributed by atoms with E-state index in [1.54, 1.807) is 11.1 Å². The molecule has 104 valence electrons. The Kier molecular flexibility index (Phi) is 4.08. The van der Waals surface area contributed by atoms with Crippen molar-refractivity contribution < 1.29 is 8.78 Å². The quantitative estimate of drug-likeness (QED) is 0.773. The van der Waals surface area contributed by atoms with Gasteiger partial charge in [0.1, 0.15) is 5.84 Å². The SMILES string of the molecule is C=CN=CC(=C)C1=NCc2cc(F)c(F)cc2N1CC. The molecule has 1 aromatic carbocycles. The molecule has 0 N–H and O–H groups in total. The van der Waals surface area contributed by atoms with Crippen LogP contribution in [-0.2, 0) is 6.54 Å². The smallest absolute Gasteiger partial charge is 0.160 e. The number of amidine groups is 1. The Morgan fingerprint density at radius 3 is 2.80 bits per heavy atom. The fourth-order valence-corrected chi connectivity index (χ4v) is 2.11. The number of hydrogen-bond donors (Lipinski definition) is 0. The second kappa shape index (κ2) is 5.77. The van der Waals surface area contributed by atoms with E-state index in [9.17, 15) is 8.78 Å². The van der Waals surface area contributed by atoms with Crippen molar-refractivity contribution in [1.29, 1.82) is 0 Å². The Hall–Kier alpha value is -2.30. The minimum atomic E-state index is -0.867. The molecule has 1 aliphatic rings. The van der Waals surface area contributed by atoms with Crippen molar-refractivity contribution in [1.82, 2.24) is 0 Å². The molecule has 20 heavy (non-hydrogen) atoms. The van der Waals surface area contributed by atoms with Crippen molar-refractivity contribution in [3.63, 3.8) is 0 Å². The predicted octanol–water partition coefficient (Wildman–Crippen LogP) is 3.47. The molecule has 0 unspecified atom stereocenters.